The van der Waals surface area contributed by atoms with E-state index >= 15 is 0 Å². The van der Waals surface area contributed by atoms with Crippen LogP contribution >= 0.6 is 0 Å². The van der Waals surface area contributed by atoms with Crippen LogP contribution < -0.4 is 5.32 Å². The van der Waals surface area contributed by atoms with Crippen molar-refractivity contribution in [2.75, 3.05) is 27.7 Å². The Kier molecular flexibility index (Phi) is 6.52. The van der Waals surface area contributed by atoms with Crippen LogP contribution in [0, 0.1) is 0 Å². The molecule has 0 saturated heterocycles. The molecule has 6 nitrogen and oxygen atoms in total. The minimum Gasteiger partial charge on any atom is -0.467 e. The Hall–Kier alpha value is -2.08. The van der Waals surface area contributed by atoms with Crippen molar-refractivity contribution >= 4 is 12.1 Å². The van der Waals surface area contributed by atoms with Crippen LogP contribution in [-0.4, -0.2) is 50.8 Å². The maximum absolute atomic E-state index is 11.7. The fraction of sp³-hybridized carbons (Fsp3) is 0.429. The lowest BCUT2D eigenvalue weighted by Gasteiger charge is -2.19. The summed E-state index contributed by atoms with van der Waals surface area (Å²) in [6.07, 6.45) is -0.647. The molecule has 0 aliphatic heterocycles. The van der Waals surface area contributed by atoms with Gasteiger partial charge in [-0.15, -0.1) is 0 Å². The van der Waals surface area contributed by atoms with Crippen molar-refractivity contribution in [1.29, 1.82) is 0 Å². The maximum Gasteiger partial charge on any atom is 0.408 e. The summed E-state index contributed by atoms with van der Waals surface area (Å²) >= 11 is 0. The van der Waals surface area contributed by atoms with Crippen molar-refractivity contribution in [2.24, 2.45) is 0 Å². The fourth-order valence-corrected chi connectivity index (χ4v) is 1.59. The van der Waals surface area contributed by atoms with Crippen LogP contribution in [0.2, 0.25) is 0 Å². The minimum atomic E-state index is -0.752. The molecule has 1 rings (SSSR count). The summed E-state index contributed by atoms with van der Waals surface area (Å²) in [5.41, 5.74) is 0.880. The lowest BCUT2D eigenvalue weighted by atomic mass is 10.2. The van der Waals surface area contributed by atoms with Gasteiger partial charge in [0.2, 0.25) is 0 Å². The van der Waals surface area contributed by atoms with Gasteiger partial charge in [0.1, 0.15) is 12.6 Å². The van der Waals surface area contributed by atoms with Crippen molar-refractivity contribution in [3.8, 4) is 0 Å². The number of esters is 1. The highest BCUT2D eigenvalue weighted by Gasteiger charge is 2.22. The number of methoxy groups -OCH3 is 1. The molecule has 0 aliphatic rings. The van der Waals surface area contributed by atoms with Crippen LogP contribution in [0.4, 0.5) is 4.79 Å². The van der Waals surface area contributed by atoms with Gasteiger partial charge in [-0.3, -0.25) is 0 Å². The molecule has 20 heavy (non-hydrogen) atoms. The summed E-state index contributed by atoms with van der Waals surface area (Å²) in [4.78, 5) is 25.0. The number of alkyl carbamates (subject to hydrolysis) is 1. The molecule has 0 aromatic heterocycles. The molecule has 1 aromatic rings. The van der Waals surface area contributed by atoms with E-state index in [0.717, 1.165) is 5.56 Å². The van der Waals surface area contributed by atoms with Gasteiger partial charge in [0.05, 0.1) is 7.11 Å². The van der Waals surface area contributed by atoms with E-state index in [9.17, 15) is 9.59 Å². The molecule has 110 valence electrons. The third-order valence-electron chi connectivity index (χ3n) is 2.54. The van der Waals surface area contributed by atoms with Crippen molar-refractivity contribution in [2.45, 2.75) is 12.6 Å². The van der Waals surface area contributed by atoms with E-state index in [1.54, 1.807) is 19.0 Å². The summed E-state index contributed by atoms with van der Waals surface area (Å²) in [6.45, 7) is 0.496. The largest absolute Gasteiger partial charge is 0.467 e. The summed E-state index contributed by atoms with van der Waals surface area (Å²) < 4.78 is 9.70. The first-order valence-corrected chi connectivity index (χ1v) is 6.22. The summed E-state index contributed by atoms with van der Waals surface area (Å²) in [5, 5.41) is 2.49. The normalized spacial score (nSPS) is 11.8. The zero-order valence-electron chi connectivity index (χ0n) is 12.0. The molecule has 0 fully saturated rings. The number of carbonyl (C=O) groups is 2. The molecule has 0 radical (unpaired) electrons. The Balaban J connectivity index is 2.47. The molecule has 1 amide bonds. The quantitative estimate of drug-likeness (QED) is 0.788. The van der Waals surface area contributed by atoms with Gasteiger partial charge in [-0.1, -0.05) is 30.3 Å². The Morgan fingerprint density at radius 2 is 1.90 bits per heavy atom. The Morgan fingerprint density at radius 3 is 2.45 bits per heavy atom. The topological polar surface area (TPSA) is 67.9 Å². The number of likely N-dealkylation sites (N-methyl/N-ethyl adjacent to an activating group) is 1. The number of amides is 1. The number of rotatable bonds is 6. The molecule has 1 N–H and O–H groups in total. The van der Waals surface area contributed by atoms with Crippen LogP contribution in [0.5, 0.6) is 0 Å². The number of benzene rings is 1. The van der Waals surface area contributed by atoms with Gasteiger partial charge in [-0.25, -0.2) is 9.59 Å². The number of nitrogens with zero attached hydrogens (tertiary/aromatic N) is 1. The van der Waals surface area contributed by atoms with Gasteiger partial charge in [0.15, 0.2) is 0 Å². The first kappa shape index (κ1) is 16.0. The highest BCUT2D eigenvalue weighted by molar-refractivity contribution is 5.81. The second-order valence-corrected chi connectivity index (χ2v) is 4.54. The number of carbonyl (C=O) groups excluding carboxylic acids is 2. The second-order valence-electron chi connectivity index (χ2n) is 4.54. The Morgan fingerprint density at radius 1 is 1.25 bits per heavy atom. The molecular formula is C14H20N2O4. The first-order chi connectivity index (χ1) is 9.52. The molecule has 0 heterocycles. The van der Waals surface area contributed by atoms with Crippen molar-refractivity contribution in [3.63, 3.8) is 0 Å². The zero-order valence-corrected chi connectivity index (χ0v) is 12.0. The van der Waals surface area contributed by atoms with E-state index < -0.39 is 18.1 Å². The van der Waals surface area contributed by atoms with Crippen LogP contribution in [0.3, 0.4) is 0 Å². The molecule has 0 spiro atoms. The van der Waals surface area contributed by atoms with Gasteiger partial charge in [0.25, 0.3) is 0 Å². The van der Waals surface area contributed by atoms with Gasteiger partial charge >= 0.3 is 12.1 Å². The second kappa shape index (κ2) is 8.16. The summed E-state index contributed by atoms with van der Waals surface area (Å²) in [7, 11) is 4.88. The van der Waals surface area contributed by atoms with E-state index in [1.807, 2.05) is 30.3 Å². The smallest absolute Gasteiger partial charge is 0.408 e. The number of ether oxygens (including phenoxy) is 2. The van der Waals surface area contributed by atoms with Gasteiger partial charge in [-0.2, -0.15) is 0 Å². The lowest BCUT2D eigenvalue weighted by molar-refractivity contribution is -0.143. The molecule has 0 unspecified atom stereocenters. The number of hydrogen-bond donors (Lipinski definition) is 1. The van der Waals surface area contributed by atoms with Crippen molar-refractivity contribution < 1.29 is 19.1 Å². The standard InChI is InChI=1S/C14H20N2O4/c1-16(2)9-12(13(17)19-3)15-14(18)20-10-11-7-5-4-6-8-11/h4-8,12H,9-10H2,1-3H3,(H,15,18)/t12-/m0/s1. The fourth-order valence-electron chi connectivity index (χ4n) is 1.59. The highest BCUT2D eigenvalue weighted by atomic mass is 16.6. The third-order valence-corrected chi connectivity index (χ3v) is 2.54. The minimum absolute atomic E-state index is 0.155. The molecular weight excluding hydrogens is 260 g/mol. The van der Waals surface area contributed by atoms with Crippen LogP contribution in [0.15, 0.2) is 30.3 Å². The lowest BCUT2D eigenvalue weighted by Crippen LogP contribution is -2.47. The number of hydrogen-bond acceptors (Lipinski definition) is 5. The Bertz CT molecular complexity index is 434. The first-order valence-electron chi connectivity index (χ1n) is 6.22. The molecule has 1 atom stereocenters. The van der Waals surface area contributed by atoms with Gasteiger partial charge in [0, 0.05) is 6.54 Å². The Labute approximate surface area is 118 Å². The van der Waals surface area contributed by atoms with Crippen LogP contribution in [0.1, 0.15) is 5.56 Å². The maximum atomic E-state index is 11.7. The van der Waals surface area contributed by atoms with E-state index in [0.29, 0.717) is 6.54 Å². The van der Waals surface area contributed by atoms with Gasteiger partial charge in [-0.05, 0) is 19.7 Å². The van der Waals surface area contributed by atoms with Crippen LogP contribution in [-0.2, 0) is 20.9 Å². The predicted octanol–water partition coefficient (Wildman–Crippen LogP) is 1.02. The molecule has 0 saturated carbocycles. The number of nitrogens with one attached hydrogen (secondary N) is 1. The van der Waals surface area contributed by atoms with Gasteiger partial charge < -0.3 is 19.7 Å². The van der Waals surface area contributed by atoms with E-state index in [-0.39, 0.29) is 6.61 Å². The van der Waals surface area contributed by atoms with E-state index in [2.05, 4.69) is 10.1 Å². The summed E-state index contributed by atoms with van der Waals surface area (Å²) in [6, 6.07) is 8.56. The highest BCUT2D eigenvalue weighted by Crippen LogP contribution is 2.01. The third kappa shape index (κ3) is 5.71. The predicted molar refractivity (Wildman–Crippen MR) is 74.1 cm³/mol. The van der Waals surface area contributed by atoms with E-state index in [4.69, 9.17) is 4.74 Å². The average molecular weight is 280 g/mol. The molecule has 6 heteroatoms. The van der Waals surface area contributed by atoms with Crippen LogP contribution in [0.25, 0.3) is 0 Å². The molecule has 0 bridgehead atoms. The monoisotopic (exact) mass is 280 g/mol. The SMILES string of the molecule is COC(=O)[C@H](CN(C)C)NC(=O)OCc1ccccc1. The summed E-state index contributed by atoms with van der Waals surface area (Å²) in [5.74, 6) is -0.504. The molecule has 1 aromatic carbocycles. The average Bonchev–Trinajstić information content (AvgIpc) is 2.44. The van der Waals surface area contributed by atoms with Crippen molar-refractivity contribution in [1.82, 2.24) is 10.2 Å². The van der Waals surface area contributed by atoms with Crippen molar-refractivity contribution in [3.05, 3.63) is 35.9 Å². The molecule has 0 aliphatic carbocycles. The zero-order chi connectivity index (χ0) is 15.0. The van der Waals surface area contributed by atoms with E-state index in [1.165, 1.54) is 7.11 Å².